The van der Waals surface area contributed by atoms with Gasteiger partial charge in [0.25, 0.3) is 0 Å². The van der Waals surface area contributed by atoms with Crippen molar-refractivity contribution in [2.24, 2.45) is 5.92 Å². The molecule has 1 aliphatic heterocycles. The Morgan fingerprint density at radius 3 is 2.71 bits per heavy atom. The van der Waals surface area contributed by atoms with Crippen LogP contribution in [0.1, 0.15) is 51.9 Å². The first kappa shape index (κ1) is 11.7. The second-order valence-corrected chi connectivity index (χ2v) is 4.32. The standard InChI is InChI=1S/C12H23NO/c1-2-3-4-5-6-7-12(14)11-8-9-13-10-11/h11,13H,2-10H2,1H3. The number of carbonyl (C=O) groups is 1. The Morgan fingerprint density at radius 2 is 2.07 bits per heavy atom. The number of ketones is 1. The lowest BCUT2D eigenvalue weighted by atomic mass is 9.98. The number of carbonyl (C=O) groups excluding carboxylic acids is 1. The Morgan fingerprint density at radius 1 is 1.29 bits per heavy atom. The summed E-state index contributed by atoms with van der Waals surface area (Å²) in [6.07, 6.45) is 8.12. The van der Waals surface area contributed by atoms with Crippen LogP contribution in [0.4, 0.5) is 0 Å². The maximum absolute atomic E-state index is 11.6. The topological polar surface area (TPSA) is 29.1 Å². The van der Waals surface area contributed by atoms with Gasteiger partial charge >= 0.3 is 0 Å². The predicted molar refractivity (Wildman–Crippen MR) is 59.4 cm³/mol. The van der Waals surface area contributed by atoms with Crippen molar-refractivity contribution < 1.29 is 4.79 Å². The van der Waals surface area contributed by atoms with E-state index in [1.54, 1.807) is 0 Å². The molecule has 1 fully saturated rings. The summed E-state index contributed by atoms with van der Waals surface area (Å²) in [7, 11) is 0. The van der Waals surface area contributed by atoms with E-state index in [9.17, 15) is 4.79 Å². The molecule has 1 N–H and O–H groups in total. The SMILES string of the molecule is CCCCCCCC(=O)C1CCNC1. The van der Waals surface area contributed by atoms with Crippen LogP contribution in [0.5, 0.6) is 0 Å². The highest BCUT2D eigenvalue weighted by molar-refractivity contribution is 5.81. The zero-order chi connectivity index (χ0) is 10.2. The first-order chi connectivity index (χ1) is 6.84. The summed E-state index contributed by atoms with van der Waals surface area (Å²) in [5.41, 5.74) is 0. The molecule has 2 nitrogen and oxygen atoms in total. The highest BCUT2D eigenvalue weighted by Crippen LogP contribution is 2.14. The zero-order valence-electron chi connectivity index (χ0n) is 9.35. The van der Waals surface area contributed by atoms with Crippen LogP contribution in [-0.4, -0.2) is 18.9 Å². The van der Waals surface area contributed by atoms with E-state index in [2.05, 4.69) is 12.2 Å². The second kappa shape index (κ2) is 6.99. The monoisotopic (exact) mass is 197 g/mol. The highest BCUT2D eigenvalue weighted by atomic mass is 16.1. The summed E-state index contributed by atoms with van der Waals surface area (Å²) in [6, 6.07) is 0. The fourth-order valence-corrected chi connectivity index (χ4v) is 2.04. The molecule has 2 heteroatoms. The summed E-state index contributed by atoms with van der Waals surface area (Å²) in [4.78, 5) is 11.6. The summed E-state index contributed by atoms with van der Waals surface area (Å²) >= 11 is 0. The molecule has 14 heavy (non-hydrogen) atoms. The van der Waals surface area contributed by atoms with E-state index in [1.807, 2.05) is 0 Å². The van der Waals surface area contributed by atoms with Gasteiger partial charge in [0.05, 0.1) is 0 Å². The minimum Gasteiger partial charge on any atom is -0.316 e. The van der Waals surface area contributed by atoms with Crippen molar-refractivity contribution in [3.05, 3.63) is 0 Å². The lowest BCUT2D eigenvalue weighted by molar-refractivity contribution is -0.122. The van der Waals surface area contributed by atoms with Crippen molar-refractivity contribution in [3.63, 3.8) is 0 Å². The normalized spacial score (nSPS) is 21.4. The van der Waals surface area contributed by atoms with Gasteiger partial charge in [-0.15, -0.1) is 0 Å². The van der Waals surface area contributed by atoms with E-state index in [4.69, 9.17) is 0 Å². The van der Waals surface area contributed by atoms with Crippen molar-refractivity contribution >= 4 is 5.78 Å². The molecular formula is C12H23NO. The smallest absolute Gasteiger partial charge is 0.137 e. The fraction of sp³-hybridized carbons (Fsp3) is 0.917. The van der Waals surface area contributed by atoms with Gasteiger partial charge in [-0.3, -0.25) is 4.79 Å². The summed E-state index contributed by atoms with van der Waals surface area (Å²) in [6.45, 7) is 4.18. The maximum Gasteiger partial charge on any atom is 0.137 e. The first-order valence-corrected chi connectivity index (χ1v) is 6.08. The molecule has 0 saturated carbocycles. The van der Waals surface area contributed by atoms with E-state index in [0.29, 0.717) is 11.7 Å². The lowest BCUT2D eigenvalue weighted by Crippen LogP contribution is -2.17. The molecule has 0 aromatic carbocycles. The maximum atomic E-state index is 11.6. The molecule has 0 aromatic rings. The minimum atomic E-state index is 0.334. The molecule has 1 heterocycles. The molecule has 1 atom stereocenters. The van der Waals surface area contributed by atoms with E-state index in [-0.39, 0.29) is 0 Å². The number of nitrogens with one attached hydrogen (secondary N) is 1. The molecule has 0 spiro atoms. The van der Waals surface area contributed by atoms with Gasteiger partial charge in [0, 0.05) is 18.9 Å². The number of Topliss-reactive ketones (excluding diaryl/α,β-unsaturated/α-hetero) is 1. The quantitative estimate of drug-likeness (QED) is 0.635. The van der Waals surface area contributed by atoms with Crippen molar-refractivity contribution in [2.45, 2.75) is 51.9 Å². The summed E-state index contributed by atoms with van der Waals surface area (Å²) in [5.74, 6) is 0.827. The van der Waals surface area contributed by atoms with Crippen molar-refractivity contribution in [3.8, 4) is 0 Å². The summed E-state index contributed by atoms with van der Waals surface area (Å²) in [5, 5.41) is 3.24. The fourth-order valence-electron chi connectivity index (χ4n) is 2.04. The third kappa shape index (κ3) is 4.23. The van der Waals surface area contributed by atoms with Crippen LogP contribution in [0.15, 0.2) is 0 Å². The molecule has 0 amide bonds. The largest absolute Gasteiger partial charge is 0.316 e. The molecule has 0 radical (unpaired) electrons. The Kier molecular flexibility index (Phi) is 5.85. The third-order valence-corrected chi connectivity index (χ3v) is 3.04. The van der Waals surface area contributed by atoms with Gasteiger partial charge in [-0.25, -0.2) is 0 Å². The number of rotatable bonds is 7. The molecule has 1 aliphatic rings. The van der Waals surface area contributed by atoms with E-state index in [0.717, 1.165) is 32.4 Å². The van der Waals surface area contributed by atoms with Gasteiger partial charge in [-0.1, -0.05) is 32.6 Å². The molecule has 1 rings (SSSR count). The van der Waals surface area contributed by atoms with Crippen LogP contribution in [0.25, 0.3) is 0 Å². The average molecular weight is 197 g/mol. The van der Waals surface area contributed by atoms with E-state index >= 15 is 0 Å². The zero-order valence-corrected chi connectivity index (χ0v) is 9.35. The van der Waals surface area contributed by atoms with Crippen LogP contribution in [0.2, 0.25) is 0 Å². The molecule has 0 bridgehead atoms. The summed E-state index contributed by atoms with van der Waals surface area (Å²) < 4.78 is 0. The van der Waals surface area contributed by atoms with Crippen LogP contribution in [0, 0.1) is 5.92 Å². The van der Waals surface area contributed by atoms with Crippen LogP contribution >= 0.6 is 0 Å². The van der Waals surface area contributed by atoms with Crippen LogP contribution in [0.3, 0.4) is 0 Å². The van der Waals surface area contributed by atoms with E-state index in [1.165, 1.54) is 25.7 Å². The molecule has 1 saturated heterocycles. The Hall–Kier alpha value is -0.370. The number of unbranched alkanes of at least 4 members (excludes halogenated alkanes) is 4. The highest BCUT2D eigenvalue weighted by Gasteiger charge is 2.21. The van der Waals surface area contributed by atoms with Crippen molar-refractivity contribution in [1.82, 2.24) is 5.32 Å². The minimum absolute atomic E-state index is 0.334. The van der Waals surface area contributed by atoms with Gasteiger partial charge in [-0.2, -0.15) is 0 Å². The van der Waals surface area contributed by atoms with E-state index < -0.39 is 0 Å². The van der Waals surface area contributed by atoms with Gasteiger partial charge in [0.1, 0.15) is 5.78 Å². The predicted octanol–water partition coefficient (Wildman–Crippen LogP) is 2.53. The third-order valence-electron chi connectivity index (χ3n) is 3.04. The van der Waals surface area contributed by atoms with Crippen molar-refractivity contribution in [1.29, 1.82) is 0 Å². The van der Waals surface area contributed by atoms with Gasteiger partial charge in [0.15, 0.2) is 0 Å². The Bertz CT molecular complexity index is 162. The van der Waals surface area contributed by atoms with Gasteiger partial charge in [-0.05, 0) is 19.4 Å². The molecule has 82 valence electrons. The molecule has 1 unspecified atom stereocenters. The van der Waals surface area contributed by atoms with Gasteiger partial charge < -0.3 is 5.32 Å². The van der Waals surface area contributed by atoms with Crippen LogP contribution in [-0.2, 0) is 4.79 Å². The lowest BCUT2D eigenvalue weighted by Gasteiger charge is -2.06. The van der Waals surface area contributed by atoms with Crippen LogP contribution < -0.4 is 5.32 Å². The van der Waals surface area contributed by atoms with Crippen molar-refractivity contribution in [2.75, 3.05) is 13.1 Å². The molecular weight excluding hydrogens is 174 g/mol. The number of hydrogen-bond donors (Lipinski definition) is 1. The number of hydrogen-bond acceptors (Lipinski definition) is 2. The Labute approximate surface area is 87.5 Å². The first-order valence-electron chi connectivity index (χ1n) is 6.08. The van der Waals surface area contributed by atoms with Gasteiger partial charge in [0.2, 0.25) is 0 Å². The Balaban J connectivity index is 1.97. The average Bonchev–Trinajstić information content (AvgIpc) is 2.70. The molecule has 0 aromatic heterocycles. The molecule has 0 aliphatic carbocycles. The second-order valence-electron chi connectivity index (χ2n) is 4.32.